The number of rotatable bonds is 2. The highest BCUT2D eigenvalue weighted by molar-refractivity contribution is 9.10. The molecule has 1 aliphatic rings. The predicted molar refractivity (Wildman–Crippen MR) is 76.9 cm³/mol. The van der Waals surface area contributed by atoms with Crippen LogP contribution in [0, 0.1) is 6.92 Å². The van der Waals surface area contributed by atoms with E-state index in [-0.39, 0.29) is 0 Å². The maximum atomic E-state index is 5.52. The average Bonchev–Trinajstić information content (AvgIpc) is 2.83. The molecule has 0 saturated heterocycles. The van der Waals surface area contributed by atoms with Gasteiger partial charge in [0.15, 0.2) is 0 Å². The monoisotopic (exact) mass is 305 g/mol. The highest BCUT2D eigenvalue weighted by Crippen LogP contribution is 2.33. The highest BCUT2D eigenvalue weighted by atomic mass is 79.9. The van der Waals surface area contributed by atoms with Crippen LogP contribution in [0.5, 0.6) is 0 Å². The molecule has 0 spiro atoms. The van der Waals surface area contributed by atoms with Crippen LogP contribution < -0.4 is 5.32 Å². The number of aryl methyl sites for hydroxylation is 2. The lowest BCUT2D eigenvalue weighted by Crippen LogP contribution is -2.15. The summed E-state index contributed by atoms with van der Waals surface area (Å²) in [6.45, 7) is 2.11. The molecule has 94 valence electrons. The molecule has 1 unspecified atom stereocenters. The van der Waals surface area contributed by atoms with Gasteiger partial charge in [0.25, 0.3) is 0 Å². The van der Waals surface area contributed by atoms with E-state index in [1.54, 1.807) is 6.26 Å². The summed E-state index contributed by atoms with van der Waals surface area (Å²) in [5.41, 5.74) is 3.75. The van der Waals surface area contributed by atoms with Gasteiger partial charge in [-0.1, -0.05) is 15.9 Å². The van der Waals surface area contributed by atoms with Crippen molar-refractivity contribution in [3.63, 3.8) is 0 Å². The van der Waals surface area contributed by atoms with Gasteiger partial charge >= 0.3 is 0 Å². The molecule has 0 saturated carbocycles. The number of nitrogens with one attached hydrogen (secondary N) is 1. The van der Waals surface area contributed by atoms with Gasteiger partial charge in [-0.2, -0.15) is 0 Å². The van der Waals surface area contributed by atoms with Crippen molar-refractivity contribution in [1.82, 2.24) is 0 Å². The van der Waals surface area contributed by atoms with E-state index in [0.717, 1.165) is 16.7 Å². The number of hydrogen-bond donors (Lipinski definition) is 1. The summed E-state index contributed by atoms with van der Waals surface area (Å²) in [7, 11) is 0. The van der Waals surface area contributed by atoms with E-state index in [1.807, 2.05) is 0 Å². The van der Waals surface area contributed by atoms with Gasteiger partial charge in [0.05, 0.1) is 12.3 Å². The van der Waals surface area contributed by atoms with Crippen molar-refractivity contribution < 1.29 is 4.42 Å². The number of halogens is 1. The Morgan fingerprint density at radius 3 is 3.06 bits per heavy atom. The van der Waals surface area contributed by atoms with E-state index in [1.165, 1.54) is 29.7 Å². The number of furan rings is 1. The summed E-state index contributed by atoms with van der Waals surface area (Å²) in [6, 6.07) is 8.87. The lowest BCUT2D eigenvalue weighted by molar-refractivity contribution is 0.461. The van der Waals surface area contributed by atoms with Gasteiger partial charge in [-0.25, -0.2) is 0 Å². The van der Waals surface area contributed by atoms with Crippen LogP contribution in [0.15, 0.2) is 39.4 Å². The Kier molecular flexibility index (Phi) is 3.16. The minimum atomic E-state index is 0.382. The summed E-state index contributed by atoms with van der Waals surface area (Å²) in [5, 5.41) is 3.61. The molecular formula is C15H16BrNO. The second kappa shape index (κ2) is 4.81. The molecule has 1 N–H and O–H groups in total. The van der Waals surface area contributed by atoms with Gasteiger partial charge in [-0.15, -0.1) is 0 Å². The Morgan fingerprint density at radius 2 is 2.22 bits per heavy atom. The summed E-state index contributed by atoms with van der Waals surface area (Å²) in [6.07, 6.45) is 5.23. The fourth-order valence-electron chi connectivity index (χ4n) is 2.57. The molecule has 0 fully saturated rings. The molecule has 0 radical (unpaired) electrons. The van der Waals surface area contributed by atoms with Crippen molar-refractivity contribution in [1.29, 1.82) is 0 Å². The third-order valence-electron chi connectivity index (χ3n) is 3.55. The predicted octanol–water partition coefficient (Wildman–Crippen LogP) is 4.84. The first-order chi connectivity index (χ1) is 8.74. The number of hydrogen-bond acceptors (Lipinski definition) is 2. The zero-order chi connectivity index (χ0) is 12.5. The molecule has 3 heteroatoms. The highest BCUT2D eigenvalue weighted by Gasteiger charge is 2.22. The number of anilines is 1. The first kappa shape index (κ1) is 11.8. The Hall–Kier alpha value is -1.22. The molecule has 1 atom stereocenters. The normalized spacial score (nSPS) is 18.4. The van der Waals surface area contributed by atoms with Crippen molar-refractivity contribution in [3.05, 3.63) is 51.9 Å². The first-order valence-electron chi connectivity index (χ1n) is 6.33. The lowest BCUT2D eigenvalue weighted by atomic mass is 9.93. The van der Waals surface area contributed by atoms with Crippen LogP contribution in [0.4, 0.5) is 5.69 Å². The molecule has 18 heavy (non-hydrogen) atoms. The Labute approximate surface area is 116 Å². The Balaban J connectivity index is 1.84. The first-order valence-corrected chi connectivity index (χ1v) is 7.12. The molecule has 1 aromatic carbocycles. The van der Waals surface area contributed by atoms with E-state index < -0.39 is 0 Å². The van der Waals surface area contributed by atoms with Crippen LogP contribution in [-0.4, -0.2) is 0 Å². The Morgan fingerprint density at radius 1 is 1.33 bits per heavy atom. The molecule has 2 nitrogen and oxygen atoms in total. The smallest absolute Gasteiger partial charge is 0.109 e. The molecular weight excluding hydrogens is 290 g/mol. The minimum absolute atomic E-state index is 0.382. The maximum absolute atomic E-state index is 5.52. The molecule has 1 aromatic heterocycles. The number of fused-ring (bicyclic) bond motifs is 1. The molecule has 0 bridgehead atoms. The summed E-state index contributed by atoms with van der Waals surface area (Å²) in [5.74, 6) is 1.15. The largest absolute Gasteiger partial charge is 0.469 e. The van der Waals surface area contributed by atoms with Gasteiger partial charge < -0.3 is 9.73 Å². The third-order valence-corrected chi connectivity index (χ3v) is 4.44. The second-order valence-electron chi connectivity index (χ2n) is 4.85. The summed E-state index contributed by atoms with van der Waals surface area (Å²) in [4.78, 5) is 0. The van der Waals surface area contributed by atoms with Gasteiger partial charge in [0, 0.05) is 22.1 Å². The SMILES string of the molecule is Cc1cc(NC2CCCc3occc32)ccc1Br. The molecule has 3 rings (SSSR count). The Bertz CT molecular complexity index is 561. The van der Waals surface area contributed by atoms with Crippen molar-refractivity contribution in [3.8, 4) is 0 Å². The second-order valence-corrected chi connectivity index (χ2v) is 5.71. The van der Waals surface area contributed by atoms with E-state index >= 15 is 0 Å². The lowest BCUT2D eigenvalue weighted by Gasteiger charge is -2.24. The van der Waals surface area contributed by atoms with E-state index in [4.69, 9.17) is 4.42 Å². The van der Waals surface area contributed by atoms with Crippen molar-refractivity contribution >= 4 is 21.6 Å². The summed E-state index contributed by atoms with van der Waals surface area (Å²) >= 11 is 3.53. The molecule has 0 amide bonds. The van der Waals surface area contributed by atoms with Crippen LogP contribution in [0.3, 0.4) is 0 Å². The average molecular weight is 306 g/mol. The topological polar surface area (TPSA) is 25.2 Å². The van der Waals surface area contributed by atoms with Crippen LogP contribution in [0.1, 0.15) is 35.8 Å². The van der Waals surface area contributed by atoms with Crippen molar-refractivity contribution in [2.45, 2.75) is 32.2 Å². The minimum Gasteiger partial charge on any atom is -0.469 e. The van der Waals surface area contributed by atoms with E-state index in [2.05, 4.69) is 52.4 Å². The molecule has 0 aliphatic heterocycles. The quantitative estimate of drug-likeness (QED) is 0.859. The van der Waals surface area contributed by atoms with E-state index in [9.17, 15) is 0 Å². The van der Waals surface area contributed by atoms with Crippen LogP contribution in [-0.2, 0) is 6.42 Å². The van der Waals surface area contributed by atoms with Crippen LogP contribution in [0.2, 0.25) is 0 Å². The zero-order valence-corrected chi connectivity index (χ0v) is 12.0. The van der Waals surface area contributed by atoms with Gasteiger partial charge in [-0.3, -0.25) is 0 Å². The van der Waals surface area contributed by atoms with Crippen LogP contribution in [0.25, 0.3) is 0 Å². The molecule has 1 heterocycles. The fraction of sp³-hybridized carbons (Fsp3) is 0.333. The summed E-state index contributed by atoms with van der Waals surface area (Å²) < 4.78 is 6.67. The third kappa shape index (κ3) is 2.19. The fourth-order valence-corrected chi connectivity index (χ4v) is 2.82. The van der Waals surface area contributed by atoms with Crippen molar-refractivity contribution in [2.24, 2.45) is 0 Å². The van der Waals surface area contributed by atoms with Gasteiger partial charge in [0.2, 0.25) is 0 Å². The molecule has 1 aliphatic carbocycles. The van der Waals surface area contributed by atoms with Gasteiger partial charge in [-0.05, 0) is 49.6 Å². The van der Waals surface area contributed by atoms with Gasteiger partial charge in [0.1, 0.15) is 5.76 Å². The molecule has 2 aromatic rings. The van der Waals surface area contributed by atoms with Crippen LogP contribution >= 0.6 is 15.9 Å². The van der Waals surface area contributed by atoms with Crippen molar-refractivity contribution in [2.75, 3.05) is 5.32 Å². The number of benzene rings is 1. The zero-order valence-electron chi connectivity index (χ0n) is 10.4. The maximum Gasteiger partial charge on any atom is 0.109 e. The standard InChI is InChI=1S/C15H16BrNO/c1-10-9-11(5-6-13(10)16)17-14-3-2-4-15-12(14)7-8-18-15/h5-9,14,17H,2-4H2,1H3. The van der Waals surface area contributed by atoms with E-state index in [0.29, 0.717) is 6.04 Å².